The number of hydrogen-bond donors (Lipinski definition) is 1. The van der Waals surface area contributed by atoms with Crippen LogP contribution in [-0.2, 0) is 24.4 Å². The Balaban J connectivity index is 1.18. The maximum absolute atomic E-state index is 12.3. The fourth-order valence-corrected chi connectivity index (χ4v) is 4.60. The molecule has 4 heteroatoms. The minimum Gasteiger partial charge on any atom is -0.489 e. The fraction of sp³-hybridized carbons (Fsp3) is 0.229. The van der Waals surface area contributed by atoms with E-state index in [1.165, 1.54) is 22.3 Å². The molecular formula is C35H37NO3. The van der Waals surface area contributed by atoms with E-state index in [0.29, 0.717) is 12.2 Å². The van der Waals surface area contributed by atoms with Crippen LogP contribution < -0.4 is 10.1 Å². The van der Waals surface area contributed by atoms with Crippen LogP contribution in [-0.4, -0.2) is 12.6 Å². The third-order valence-corrected chi connectivity index (χ3v) is 6.33. The number of rotatable bonds is 11. The van der Waals surface area contributed by atoms with E-state index < -0.39 is 0 Å². The third-order valence-electron chi connectivity index (χ3n) is 6.33. The number of nitrogens with one attached hydrogen (secondary N) is 1. The summed E-state index contributed by atoms with van der Waals surface area (Å²) >= 11 is 0. The second-order valence-corrected chi connectivity index (χ2v) is 10.2. The van der Waals surface area contributed by atoms with Gasteiger partial charge < -0.3 is 14.8 Å². The van der Waals surface area contributed by atoms with Gasteiger partial charge in [0.25, 0.3) is 0 Å². The Hall–Kier alpha value is -4.15. The summed E-state index contributed by atoms with van der Waals surface area (Å²) in [4.78, 5) is 12.3. The van der Waals surface area contributed by atoms with Crippen LogP contribution in [0.15, 0.2) is 91.0 Å². The molecule has 0 aliphatic rings. The Morgan fingerprint density at radius 3 is 1.90 bits per heavy atom. The van der Waals surface area contributed by atoms with Crippen LogP contribution in [0.1, 0.15) is 54.9 Å². The van der Waals surface area contributed by atoms with E-state index in [1.54, 1.807) is 0 Å². The molecule has 0 unspecified atom stereocenters. The Morgan fingerprint density at radius 2 is 1.26 bits per heavy atom. The summed E-state index contributed by atoms with van der Waals surface area (Å²) in [6, 6.07) is 28.8. The quantitative estimate of drug-likeness (QED) is 0.207. The minimum absolute atomic E-state index is 0.223. The Bertz CT molecular complexity index is 1380. The summed E-state index contributed by atoms with van der Waals surface area (Å²) < 4.78 is 11.3. The van der Waals surface area contributed by atoms with Gasteiger partial charge in [0.05, 0.1) is 5.56 Å². The number of ether oxygens (including phenoxy) is 2. The van der Waals surface area contributed by atoms with Gasteiger partial charge in [0.1, 0.15) is 19.0 Å². The number of hydrogen-bond acceptors (Lipinski definition) is 4. The van der Waals surface area contributed by atoms with Crippen molar-refractivity contribution in [1.29, 1.82) is 0 Å². The highest BCUT2D eigenvalue weighted by molar-refractivity contribution is 5.90. The molecule has 0 heterocycles. The topological polar surface area (TPSA) is 47.6 Å². The van der Waals surface area contributed by atoms with Crippen LogP contribution in [0.5, 0.6) is 5.75 Å². The molecule has 4 rings (SSSR count). The smallest absolute Gasteiger partial charge is 0.338 e. The average molecular weight is 520 g/mol. The molecule has 0 aliphatic heterocycles. The molecule has 200 valence electrons. The molecule has 4 aromatic carbocycles. The molecule has 0 spiro atoms. The van der Waals surface area contributed by atoms with Gasteiger partial charge in [-0.2, -0.15) is 0 Å². The molecule has 0 bridgehead atoms. The van der Waals surface area contributed by atoms with Crippen LogP contribution in [0.3, 0.4) is 0 Å². The van der Waals surface area contributed by atoms with E-state index in [2.05, 4.69) is 61.6 Å². The summed E-state index contributed by atoms with van der Waals surface area (Å²) in [6.07, 6.45) is 3.78. The predicted octanol–water partition coefficient (Wildman–Crippen LogP) is 7.66. The number of carbonyl (C=O) groups is 1. The zero-order valence-corrected chi connectivity index (χ0v) is 23.3. The van der Waals surface area contributed by atoms with Gasteiger partial charge in [-0.05, 0) is 80.3 Å². The average Bonchev–Trinajstić information content (AvgIpc) is 2.90. The molecule has 0 aromatic heterocycles. The maximum Gasteiger partial charge on any atom is 0.338 e. The van der Waals surface area contributed by atoms with Crippen molar-refractivity contribution in [2.75, 3.05) is 6.61 Å². The van der Waals surface area contributed by atoms with E-state index in [4.69, 9.17) is 9.47 Å². The second-order valence-electron chi connectivity index (χ2n) is 10.2. The molecule has 1 N–H and O–H groups in total. The SMILES string of the molecule is Cc1cc(C)cc(CNCc2ccc(COc3ccc(/C=C/COC(=O)c4cc(C)cc(C)c4)cc3)cc2)c1. The lowest BCUT2D eigenvalue weighted by atomic mass is 10.1. The highest BCUT2D eigenvalue weighted by atomic mass is 16.5. The van der Waals surface area contributed by atoms with Crippen LogP contribution >= 0.6 is 0 Å². The Morgan fingerprint density at radius 1 is 0.692 bits per heavy atom. The van der Waals surface area contributed by atoms with E-state index >= 15 is 0 Å². The van der Waals surface area contributed by atoms with Crippen molar-refractivity contribution in [3.8, 4) is 5.75 Å². The van der Waals surface area contributed by atoms with Crippen LogP contribution in [0.25, 0.3) is 6.08 Å². The van der Waals surface area contributed by atoms with E-state index in [9.17, 15) is 4.79 Å². The van der Waals surface area contributed by atoms with Gasteiger partial charge in [-0.15, -0.1) is 0 Å². The van der Waals surface area contributed by atoms with E-state index in [-0.39, 0.29) is 12.6 Å². The third kappa shape index (κ3) is 8.98. The van der Waals surface area contributed by atoms with Crippen molar-refractivity contribution in [2.24, 2.45) is 0 Å². The van der Waals surface area contributed by atoms with Gasteiger partial charge in [0, 0.05) is 13.1 Å². The zero-order valence-electron chi connectivity index (χ0n) is 23.3. The van der Waals surface area contributed by atoms with Crippen molar-refractivity contribution in [3.05, 3.63) is 141 Å². The summed E-state index contributed by atoms with van der Waals surface area (Å²) in [7, 11) is 0. The molecule has 0 atom stereocenters. The largest absolute Gasteiger partial charge is 0.489 e. The van der Waals surface area contributed by atoms with Crippen molar-refractivity contribution < 1.29 is 14.3 Å². The molecule has 0 aliphatic carbocycles. The first-order chi connectivity index (χ1) is 18.8. The summed E-state index contributed by atoms with van der Waals surface area (Å²) in [5.41, 5.74) is 9.99. The van der Waals surface area contributed by atoms with Crippen molar-refractivity contribution in [1.82, 2.24) is 5.32 Å². The van der Waals surface area contributed by atoms with E-state index in [1.807, 2.05) is 68.5 Å². The predicted molar refractivity (Wildman–Crippen MR) is 159 cm³/mol. The van der Waals surface area contributed by atoms with Crippen LogP contribution in [0, 0.1) is 27.7 Å². The Kier molecular flexibility index (Phi) is 9.71. The van der Waals surface area contributed by atoms with Crippen LogP contribution in [0.4, 0.5) is 0 Å². The van der Waals surface area contributed by atoms with Gasteiger partial charge in [-0.3, -0.25) is 0 Å². The fourth-order valence-electron chi connectivity index (χ4n) is 4.60. The summed E-state index contributed by atoms with van der Waals surface area (Å²) in [6.45, 7) is 10.6. The van der Waals surface area contributed by atoms with Crippen LogP contribution in [0.2, 0.25) is 0 Å². The number of carbonyl (C=O) groups excluding carboxylic acids is 1. The summed E-state index contributed by atoms with van der Waals surface area (Å²) in [5, 5.41) is 3.53. The lowest BCUT2D eigenvalue weighted by molar-refractivity contribution is 0.0550. The molecule has 0 amide bonds. The van der Waals surface area contributed by atoms with Gasteiger partial charge in [-0.25, -0.2) is 4.79 Å². The van der Waals surface area contributed by atoms with Crippen molar-refractivity contribution in [2.45, 2.75) is 47.4 Å². The molecule has 0 fully saturated rings. The highest BCUT2D eigenvalue weighted by Gasteiger charge is 2.07. The van der Waals surface area contributed by atoms with Gasteiger partial charge in [0.2, 0.25) is 0 Å². The van der Waals surface area contributed by atoms with Crippen molar-refractivity contribution in [3.63, 3.8) is 0 Å². The summed E-state index contributed by atoms with van der Waals surface area (Å²) in [5.74, 6) is 0.504. The number of aryl methyl sites for hydroxylation is 4. The van der Waals surface area contributed by atoms with Gasteiger partial charge >= 0.3 is 5.97 Å². The molecular weight excluding hydrogens is 482 g/mol. The normalized spacial score (nSPS) is 11.1. The second kappa shape index (κ2) is 13.6. The highest BCUT2D eigenvalue weighted by Crippen LogP contribution is 2.16. The molecule has 0 radical (unpaired) electrons. The molecule has 4 nitrogen and oxygen atoms in total. The van der Waals surface area contributed by atoms with E-state index in [0.717, 1.165) is 41.1 Å². The lowest BCUT2D eigenvalue weighted by Gasteiger charge is -2.09. The molecule has 39 heavy (non-hydrogen) atoms. The first-order valence-electron chi connectivity index (χ1n) is 13.3. The number of benzene rings is 4. The molecule has 0 saturated carbocycles. The zero-order chi connectivity index (χ0) is 27.6. The Labute approximate surface area is 232 Å². The first kappa shape index (κ1) is 27.9. The standard InChI is InChI=1S/C35H37NO3/c1-25-16-26(2)19-32(18-25)23-36-22-30-7-9-31(10-8-30)24-39-34-13-11-29(12-14-34)6-5-15-38-35(37)33-20-27(3)17-28(4)21-33/h5-14,16-21,36H,15,22-24H2,1-4H3/b6-5+. The molecule has 0 saturated heterocycles. The first-order valence-corrected chi connectivity index (χ1v) is 13.3. The van der Waals surface area contributed by atoms with Gasteiger partial charge in [0.15, 0.2) is 0 Å². The minimum atomic E-state index is -0.308. The maximum atomic E-state index is 12.3. The molecule has 4 aromatic rings. The van der Waals surface area contributed by atoms with Gasteiger partial charge in [-0.1, -0.05) is 89.0 Å². The monoisotopic (exact) mass is 519 g/mol. The van der Waals surface area contributed by atoms with Crippen molar-refractivity contribution >= 4 is 12.0 Å². The number of esters is 1. The lowest BCUT2D eigenvalue weighted by Crippen LogP contribution is -2.13.